The van der Waals surface area contributed by atoms with E-state index in [9.17, 15) is 0 Å². The molecule has 7 heteroatoms. The first kappa shape index (κ1) is 20.0. The van der Waals surface area contributed by atoms with E-state index < -0.39 is 0 Å². The second-order valence-corrected chi connectivity index (χ2v) is 6.37. The third-order valence-electron chi connectivity index (χ3n) is 3.37. The van der Waals surface area contributed by atoms with Gasteiger partial charge in [0, 0.05) is 24.5 Å². The fraction of sp³-hybridized carbons (Fsp3) is 0.500. The Balaban J connectivity index is 0.00000264. The van der Waals surface area contributed by atoms with Crippen LogP contribution in [0.15, 0.2) is 33.1 Å². The van der Waals surface area contributed by atoms with Crippen LogP contribution in [-0.2, 0) is 19.4 Å². The molecule has 2 aromatic heterocycles. The molecule has 0 radical (unpaired) electrons. The molecule has 2 N–H and O–H groups in total. The van der Waals surface area contributed by atoms with E-state index in [1.165, 1.54) is 4.88 Å². The van der Waals surface area contributed by atoms with Crippen LogP contribution in [0.1, 0.15) is 30.2 Å². The van der Waals surface area contributed by atoms with Gasteiger partial charge in [0.05, 0.1) is 12.2 Å². The topological polar surface area (TPSA) is 62.5 Å². The number of hydrogen-bond donors (Lipinski definition) is 2. The van der Waals surface area contributed by atoms with Crippen molar-refractivity contribution in [3.63, 3.8) is 0 Å². The van der Waals surface area contributed by atoms with Gasteiger partial charge in [0.2, 0.25) is 0 Å². The van der Waals surface area contributed by atoms with Gasteiger partial charge in [-0.1, -0.05) is 25.1 Å². The molecule has 2 heterocycles. The lowest BCUT2D eigenvalue weighted by molar-refractivity contribution is 0.374. The van der Waals surface area contributed by atoms with Crippen molar-refractivity contribution < 1.29 is 4.52 Å². The molecule has 2 aromatic rings. The zero-order valence-corrected chi connectivity index (χ0v) is 17.0. The van der Waals surface area contributed by atoms with Crippen LogP contribution in [0.2, 0.25) is 0 Å². The summed E-state index contributed by atoms with van der Waals surface area (Å²) in [6, 6.07) is 6.26. The Morgan fingerprint density at radius 3 is 2.87 bits per heavy atom. The SMILES string of the molecule is CCc1cc(CNC(=NC)NCC(C)Cc2cccs2)on1.I. The second-order valence-electron chi connectivity index (χ2n) is 5.33. The van der Waals surface area contributed by atoms with E-state index in [4.69, 9.17) is 4.52 Å². The minimum absolute atomic E-state index is 0. The predicted octanol–water partition coefficient (Wildman–Crippen LogP) is 3.46. The molecule has 0 amide bonds. The molecule has 0 saturated carbocycles. The van der Waals surface area contributed by atoms with Crippen LogP contribution in [0.4, 0.5) is 0 Å². The van der Waals surface area contributed by atoms with Crippen LogP contribution in [0.5, 0.6) is 0 Å². The predicted molar refractivity (Wildman–Crippen MR) is 107 cm³/mol. The van der Waals surface area contributed by atoms with Gasteiger partial charge in [-0.15, -0.1) is 35.3 Å². The molecule has 1 unspecified atom stereocenters. The van der Waals surface area contributed by atoms with Gasteiger partial charge < -0.3 is 15.2 Å². The molecule has 128 valence electrons. The molecule has 2 rings (SSSR count). The number of thiophene rings is 1. The largest absolute Gasteiger partial charge is 0.359 e. The van der Waals surface area contributed by atoms with E-state index in [-0.39, 0.29) is 24.0 Å². The summed E-state index contributed by atoms with van der Waals surface area (Å²) in [5.74, 6) is 2.16. The lowest BCUT2D eigenvalue weighted by Gasteiger charge is -2.15. The Hall–Kier alpha value is -1.09. The van der Waals surface area contributed by atoms with Gasteiger partial charge in [0.15, 0.2) is 11.7 Å². The summed E-state index contributed by atoms with van der Waals surface area (Å²) in [4.78, 5) is 5.66. The molecule has 0 aliphatic carbocycles. The van der Waals surface area contributed by atoms with E-state index in [1.807, 2.05) is 17.4 Å². The molecule has 23 heavy (non-hydrogen) atoms. The number of halogens is 1. The molecule has 0 spiro atoms. The fourth-order valence-electron chi connectivity index (χ4n) is 2.11. The maximum absolute atomic E-state index is 5.25. The molecule has 0 saturated heterocycles. The molecule has 0 aliphatic rings. The third kappa shape index (κ3) is 6.90. The zero-order valence-electron chi connectivity index (χ0n) is 13.8. The van der Waals surface area contributed by atoms with Crippen LogP contribution < -0.4 is 10.6 Å². The summed E-state index contributed by atoms with van der Waals surface area (Å²) >= 11 is 1.81. The maximum Gasteiger partial charge on any atom is 0.191 e. The normalized spacial score (nSPS) is 12.6. The lowest BCUT2D eigenvalue weighted by Crippen LogP contribution is -2.39. The summed E-state index contributed by atoms with van der Waals surface area (Å²) in [6.07, 6.45) is 1.97. The number of aryl methyl sites for hydroxylation is 1. The van der Waals surface area contributed by atoms with Crippen LogP contribution in [0, 0.1) is 5.92 Å². The molecule has 0 aromatic carbocycles. The van der Waals surface area contributed by atoms with Crippen molar-refractivity contribution in [2.75, 3.05) is 13.6 Å². The molecular formula is C16H25IN4OS. The van der Waals surface area contributed by atoms with Crippen molar-refractivity contribution in [1.29, 1.82) is 0 Å². The van der Waals surface area contributed by atoms with Crippen LogP contribution in [0.25, 0.3) is 0 Å². The van der Waals surface area contributed by atoms with Crippen LogP contribution in [0.3, 0.4) is 0 Å². The first-order valence-electron chi connectivity index (χ1n) is 7.62. The highest BCUT2D eigenvalue weighted by molar-refractivity contribution is 14.0. The van der Waals surface area contributed by atoms with Crippen LogP contribution in [-0.4, -0.2) is 24.7 Å². The van der Waals surface area contributed by atoms with Gasteiger partial charge in [-0.2, -0.15) is 0 Å². The molecular weight excluding hydrogens is 423 g/mol. The molecule has 0 aliphatic heterocycles. The number of hydrogen-bond acceptors (Lipinski definition) is 4. The van der Waals surface area contributed by atoms with E-state index in [0.29, 0.717) is 12.5 Å². The van der Waals surface area contributed by atoms with Crippen molar-refractivity contribution in [1.82, 2.24) is 15.8 Å². The van der Waals surface area contributed by atoms with Gasteiger partial charge in [0.25, 0.3) is 0 Å². The number of nitrogens with one attached hydrogen (secondary N) is 2. The summed E-state index contributed by atoms with van der Waals surface area (Å²) in [7, 11) is 1.77. The summed E-state index contributed by atoms with van der Waals surface area (Å²) in [5.41, 5.74) is 0.976. The number of aromatic nitrogens is 1. The summed E-state index contributed by atoms with van der Waals surface area (Å²) in [5, 5.41) is 12.7. The van der Waals surface area contributed by atoms with Gasteiger partial charge in [-0.3, -0.25) is 4.99 Å². The van der Waals surface area contributed by atoms with E-state index in [0.717, 1.165) is 36.8 Å². The summed E-state index contributed by atoms with van der Waals surface area (Å²) < 4.78 is 5.25. The number of nitrogens with zero attached hydrogens (tertiary/aromatic N) is 2. The molecule has 5 nitrogen and oxygen atoms in total. The summed E-state index contributed by atoms with van der Waals surface area (Å²) in [6.45, 7) is 5.77. The first-order chi connectivity index (χ1) is 10.7. The Bertz CT molecular complexity index is 583. The zero-order chi connectivity index (χ0) is 15.8. The van der Waals surface area contributed by atoms with E-state index in [2.05, 4.69) is 52.1 Å². The highest BCUT2D eigenvalue weighted by Gasteiger charge is 2.07. The average Bonchev–Trinajstić information content (AvgIpc) is 3.18. The smallest absolute Gasteiger partial charge is 0.191 e. The van der Waals surface area contributed by atoms with Crippen LogP contribution >= 0.6 is 35.3 Å². The second kappa shape index (κ2) is 10.6. The highest BCUT2D eigenvalue weighted by Crippen LogP contribution is 2.13. The first-order valence-corrected chi connectivity index (χ1v) is 8.50. The van der Waals surface area contributed by atoms with Crippen molar-refractivity contribution in [2.24, 2.45) is 10.9 Å². The van der Waals surface area contributed by atoms with E-state index in [1.54, 1.807) is 7.05 Å². The minimum atomic E-state index is 0. The van der Waals surface area contributed by atoms with E-state index >= 15 is 0 Å². The van der Waals surface area contributed by atoms with Gasteiger partial charge >= 0.3 is 0 Å². The third-order valence-corrected chi connectivity index (χ3v) is 4.27. The standard InChI is InChI=1S/C16H24N4OS.HI/c1-4-13-9-14(21-20-13)11-19-16(17-3)18-10-12(2)8-15-6-5-7-22-15;/h5-7,9,12H,4,8,10-11H2,1-3H3,(H2,17,18,19);1H. The number of rotatable bonds is 7. The Labute approximate surface area is 159 Å². The van der Waals surface area contributed by atoms with Crippen molar-refractivity contribution >= 4 is 41.3 Å². The molecule has 0 fully saturated rings. The van der Waals surface area contributed by atoms with Gasteiger partial charge in [-0.25, -0.2) is 0 Å². The maximum atomic E-state index is 5.25. The quantitative estimate of drug-likeness (QED) is 0.387. The molecule has 1 atom stereocenters. The number of guanidine groups is 1. The van der Waals surface area contributed by atoms with Gasteiger partial charge in [-0.05, 0) is 30.2 Å². The molecule has 0 bridgehead atoms. The Morgan fingerprint density at radius 2 is 2.26 bits per heavy atom. The lowest BCUT2D eigenvalue weighted by atomic mass is 10.1. The Morgan fingerprint density at radius 1 is 1.43 bits per heavy atom. The van der Waals surface area contributed by atoms with Crippen molar-refractivity contribution in [3.8, 4) is 0 Å². The van der Waals surface area contributed by atoms with Crippen molar-refractivity contribution in [2.45, 2.75) is 33.2 Å². The number of aliphatic imine (C=N–C) groups is 1. The van der Waals surface area contributed by atoms with Crippen molar-refractivity contribution in [3.05, 3.63) is 39.9 Å². The average molecular weight is 448 g/mol. The minimum Gasteiger partial charge on any atom is -0.359 e. The Kier molecular flexibility index (Phi) is 9.23. The van der Waals surface area contributed by atoms with Gasteiger partial charge in [0.1, 0.15) is 0 Å². The monoisotopic (exact) mass is 448 g/mol. The highest BCUT2D eigenvalue weighted by atomic mass is 127. The fourth-order valence-corrected chi connectivity index (χ4v) is 2.98.